The number of aliphatic hydroxyl groups is 1. The highest BCUT2D eigenvalue weighted by Crippen LogP contribution is 2.24. The lowest BCUT2D eigenvalue weighted by Gasteiger charge is -2.16. The van der Waals surface area contributed by atoms with Crippen molar-refractivity contribution in [3.63, 3.8) is 0 Å². The zero-order valence-electron chi connectivity index (χ0n) is 18.4. The molecule has 8 nitrogen and oxygen atoms in total. The predicted molar refractivity (Wildman–Crippen MR) is 119 cm³/mol. The Bertz CT molecular complexity index is 1080. The van der Waals surface area contributed by atoms with E-state index in [-0.39, 0.29) is 11.7 Å². The van der Waals surface area contributed by atoms with Gasteiger partial charge in [-0.2, -0.15) is 0 Å². The Balaban J connectivity index is 1.67. The molecule has 3 rings (SSSR count). The second-order valence-corrected chi connectivity index (χ2v) is 7.76. The minimum Gasteiger partial charge on any atom is -0.494 e. The molecule has 3 aromatic rings. The third-order valence-corrected chi connectivity index (χ3v) is 4.86. The van der Waals surface area contributed by atoms with Crippen LogP contribution in [0.3, 0.4) is 0 Å². The molecular formula is C23H26FN5O3. The van der Waals surface area contributed by atoms with E-state index in [4.69, 9.17) is 4.74 Å². The zero-order valence-corrected chi connectivity index (χ0v) is 18.4. The number of pyridine rings is 1. The van der Waals surface area contributed by atoms with Crippen molar-refractivity contribution in [1.29, 1.82) is 0 Å². The van der Waals surface area contributed by atoms with Crippen LogP contribution >= 0.6 is 0 Å². The molecule has 3 N–H and O–H groups in total. The van der Waals surface area contributed by atoms with Gasteiger partial charge in [-0.1, -0.05) is 0 Å². The van der Waals surface area contributed by atoms with Crippen LogP contribution in [0, 0.1) is 5.82 Å². The minimum absolute atomic E-state index is 0.0288. The number of halogens is 1. The van der Waals surface area contributed by atoms with Gasteiger partial charge in [-0.05, 0) is 62.1 Å². The van der Waals surface area contributed by atoms with Gasteiger partial charge in [0.1, 0.15) is 5.60 Å². The maximum Gasteiger partial charge on any atom is 0.251 e. The lowest BCUT2D eigenvalue weighted by atomic mass is 10.0. The Labute approximate surface area is 185 Å². The van der Waals surface area contributed by atoms with Gasteiger partial charge in [-0.15, -0.1) is 0 Å². The molecule has 9 heteroatoms. The van der Waals surface area contributed by atoms with E-state index in [2.05, 4.69) is 25.6 Å². The molecule has 0 atom stereocenters. The zero-order chi connectivity index (χ0) is 23.3. The monoisotopic (exact) mass is 439 g/mol. The molecule has 2 heterocycles. The number of anilines is 2. The molecule has 0 unspecified atom stereocenters. The fraction of sp³-hybridized carbons (Fsp3) is 0.304. The highest BCUT2D eigenvalue weighted by Gasteiger charge is 2.17. The molecule has 168 valence electrons. The number of benzene rings is 1. The smallest absolute Gasteiger partial charge is 0.251 e. The van der Waals surface area contributed by atoms with Crippen molar-refractivity contribution in [1.82, 2.24) is 20.3 Å². The van der Waals surface area contributed by atoms with Crippen molar-refractivity contribution < 1.29 is 19.0 Å². The first-order chi connectivity index (χ1) is 15.2. The van der Waals surface area contributed by atoms with Crippen LogP contribution in [0.25, 0.3) is 0 Å². The van der Waals surface area contributed by atoms with Gasteiger partial charge in [0.15, 0.2) is 11.6 Å². The van der Waals surface area contributed by atoms with E-state index in [0.29, 0.717) is 41.3 Å². The first kappa shape index (κ1) is 23.1. The molecule has 2 aromatic heterocycles. The molecule has 0 radical (unpaired) electrons. The summed E-state index contributed by atoms with van der Waals surface area (Å²) in [6, 6.07) is 6.42. The van der Waals surface area contributed by atoms with Gasteiger partial charge in [0.2, 0.25) is 5.95 Å². The van der Waals surface area contributed by atoms with Gasteiger partial charge in [-0.25, -0.2) is 14.4 Å². The second-order valence-electron chi connectivity index (χ2n) is 7.76. The Hall–Kier alpha value is -3.59. The first-order valence-corrected chi connectivity index (χ1v) is 10.1. The number of methoxy groups -OCH3 is 1. The van der Waals surface area contributed by atoms with Gasteiger partial charge in [0.25, 0.3) is 5.91 Å². The molecule has 0 spiro atoms. The number of hydrogen-bond acceptors (Lipinski definition) is 7. The Morgan fingerprint density at radius 3 is 2.41 bits per heavy atom. The highest BCUT2D eigenvalue weighted by molar-refractivity contribution is 5.94. The Kier molecular flexibility index (Phi) is 6.99. The number of nitrogens with one attached hydrogen (secondary N) is 2. The number of carbonyl (C=O) groups is 1. The minimum atomic E-state index is -1.01. The summed E-state index contributed by atoms with van der Waals surface area (Å²) >= 11 is 0. The maximum atomic E-state index is 14.6. The van der Waals surface area contributed by atoms with E-state index in [0.717, 1.165) is 5.56 Å². The third-order valence-electron chi connectivity index (χ3n) is 4.86. The summed E-state index contributed by atoms with van der Waals surface area (Å²) in [6.07, 6.45) is 5.75. The molecule has 0 aliphatic rings. The van der Waals surface area contributed by atoms with Gasteiger partial charge < -0.3 is 20.5 Å². The van der Waals surface area contributed by atoms with E-state index in [9.17, 15) is 14.3 Å². The number of aryl methyl sites for hydroxylation is 2. The van der Waals surface area contributed by atoms with Crippen LogP contribution < -0.4 is 15.4 Å². The topological polar surface area (TPSA) is 109 Å². The van der Waals surface area contributed by atoms with Gasteiger partial charge in [-0.3, -0.25) is 9.78 Å². The molecule has 1 aromatic carbocycles. The van der Waals surface area contributed by atoms with Crippen molar-refractivity contribution >= 4 is 17.5 Å². The van der Waals surface area contributed by atoms with Crippen LogP contribution in [0.1, 0.15) is 41.0 Å². The van der Waals surface area contributed by atoms with Crippen molar-refractivity contribution in [2.24, 2.45) is 0 Å². The predicted octanol–water partition coefficient (Wildman–Crippen LogP) is 3.14. The van der Waals surface area contributed by atoms with Crippen molar-refractivity contribution in [2.75, 3.05) is 19.5 Å². The fourth-order valence-corrected chi connectivity index (χ4v) is 3.05. The SMILES string of the molecule is CNC(=O)c1cc(CCc2cnc(Nc3ccc(C(C)(C)O)nc3)nc2)c(F)c(OC)c1. The highest BCUT2D eigenvalue weighted by atomic mass is 19.1. The quantitative estimate of drug-likeness (QED) is 0.495. The van der Waals surface area contributed by atoms with Gasteiger partial charge in [0.05, 0.1) is 24.7 Å². The first-order valence-electron chi connectivity index (χ1n) is 10.1. The number of rotatable bonds is 8. The average Bonchev–Trinajstić information content (AvgIpc) is 2.78. The molecule has 0 aliphatic carbocycles. The molecule has 0 saturated heterocycles. The van der Waals surface area contributed by atoms with E-state index in [1.165, 1.54) is 26.3 Å². The summed E-state index contributed by atoms with van der Waals surface area (Å²) in [5.74, 6) is -0.378. The number of amides is 1. The number of hydrogen-bond donors (Lipinski definition) is 3. The number of ether oxygens (including phenoxy) is 1. The summed E-state index contributed by atoms with van der Waals surface area (Å²) in [6.45, 7) is 3.34. The largest absolute Gasteiger partial charge is 0.494 e. The molecule has 0 fully saturated rings. The summed E-state index contributed by atoms with van der Waals surface area (Å²) in [5, 5.41) is 15.6. The van der Waals surface area contributed by atoms with Crippen LogP contribution in [0.2, 0.25) is 0 Å². The Morgan fingerprint density at radius 1 is 1.12 bits per heavy atom. The van der Waals surface area contributed by atoms with Crippen LogP contribution in [0.5, 0.6) is 5.75 Å². The number of aromatic nitrogens is 3. The van der Waals surface area contributed by atoms with E-state index in [1.807, 2.05) is 0 Å². The van der Waals surface area contributed by atoms with Crippen molar-refractivity contribution in [3.05, 3.63) is 71.1 Å². The molecule has 1 amide bonds. The maximum absolute atomic E-state index is 14.6. The van der Waals surface area contributed by atoms with Crippen LogP contribution in [0.4, 0.5) is 16.0 Å². The summed E-state index contributed by atoms with van der Waals surface area (Å²) in [5.41, 5.74) is 1.76. The summed E-state index contributed by atoms with van der Waals surface area (Å²) < 4.78 is 19.7. The van der Waals surface area contributed by atoms with E-state index >= 15 is 0 Å². The lowest BCUT2D eigenvalue weighted by Crippen LogP contribution is -2.18. The van der Waals surface area contributed by atoms with Crippen LogP contribution in [-0.4, -0.2) is 40.1 Å². The van der Waals surface area contributed by atoms with Crippen LogP contribution in [-0.2, 0) is 18.4 Å². The van der Waals surface area contributed by atoms with E-state index in [1.54, 1.807) is 44.6 Å². The molecule has 0 aliphatic heterocycles. The lowest BCUT2D eigenvalue weighted by molar-refractivity contribution is 0.0739. The molecule has 0 bridgehead atoms. The van der Waals surface area contributed by atoms with Crippen LogP contribution in [0.15, 0.2) is 42.9 Å². The second kappa shape index (κ2) is 9.69. The van der Waals surface area contributed by atoms with E-state index < -0.39 is 11.4 Å². The summed E-state index contributed by atoms with van der Waals surface area (Å²) in [7, 11) is 2.88. The third kappa shape index (κ3) is 5.55. The average molecular weight is 439 g/mol. The van der Waals surface area contributed by atoms with Gasteiger partial charge >= 0.3 is 0 Å². The van der Waals surface area contributed by atoms with Gasteiger partial charge in [0, 0.05) is 25.0 Å². The normalized spacial score (nSPS) is 11.2. The standard InChI is InChI=1S/C23H26FN5O3/c1-23(2,31)19-8-7-17(13-26-19)29-22-27-11-14(12-28-22)5-6-15-9-16(21(30)25-3)10-18(32-4)20(15)24/h7-13,31H,5-6H2,1-4H3,(H,25,30)(H,27,28,29). The molecule has 0 saturated carbocycles. The molecular weight excluding hydrogens is 413 g/mol. The Morgan fingerprint density at radius 2 is 1.84 bits per heavy atom. The number of nitrogens with zero attached hydrogens (tertiary/aromatic N) is 3. The number of carbonyl (C=O) groups excluding carboxylic acids is 1. The summed E-state index contributed by atoms with van der Waals surface area (Å²) in [4.78, 5) is 24.8. The van der Waals surface area contributed by atoms with Crippen molar-refractivity contribution in [3.8, 4) is 5.75 Å². The van der Waals surface area contributed by atoms with Crippen molar-refractivity contribution in [2.45, 2.75) is 32.3 Å². The molecule has 32 heavy (non-hydrogen) atoms. The fourth-order valence-electron chi connectivity index (χ4n) is 3.05.